The minimum absolute atomic E-state index is 0.0551. The van der Waals surface area contributed by atoms with Crippen molar-refractivity contribution in [3.05, 3.63) is 40.9 Å². The van der Waals surface area contributed by atoms with E-state index in [0.29, 0.717) is 17.3 Å². The Morgan fingerprint density at radius 1 is 1.24 bits per heavy atom. The van der Waals surface area contributed by atoms with Crippen LogP contribution in [0.25, 0.3) is 0 Å². The van der Waals surface area contributed by atoms with Gasteiger partial charge >= 0.3 is 0 Å². The molecule has 4 atom stereocenters. The van der Waals surface area contributed by atoms with Crippen LogP contribution in [0.5, 0.6) is 0 Å². The van der Waals surface area contributed by atoms with Crippen molar-refractivity contribution in [3.63, 3.8) is 0 Å². The van der Waals surface area contributed by atoms with E-state index in [1.165, 1.54) is 12.8 Å². The third kappa shape index (κ3) is 1.92. The fourth-order valence-corrected chi connectivity index (χ4v) is 4.80. The molecule has 3 aliphatic rings. The minimum Gasteiger partial charge on any atom is -0.396 e. The molecule has 0 aromatic heterocycles. The summed E-state index contributed by atoms with van der Waals surface area (Å²) in [7, 11) is 0. The maximum atomic E-state index is 12.7. The first-order valence-electron chi connectivity index (χ1n) is 7.51. The molecule has 0 heterocycles. The van der Waals surface area contributed by atoms with E-state index >= 15 is 0 Å². The van der Waals surface area contributed by atoms with Gasteiger partial charge in [-0.3, -0.25) is 4.79 Å². The number of anilines is 1. The Balaban J connectivity index is 1.56. The maximum absolute atomic E-state index is 12.7. The highest BCUT2D eigenvalue weighted by Crippen LogP contribution is 2.71. The van der Waals surface area contributed by atoms with Crippen LogP contribution in [0.15, 0.2) is 40.9 Å². The fraction of sp³-hybridized carbons (Fsp3) is 0.471. The minimum atomic E-state index is -0.0869. The van der Waals surface area contributed by atoms with Crippen LogP contribution in [0.2, 0.25) is 0 Å². The van der Waals surface area contributed by atoms with Crippen molar-refractivity contribution in [3.8, 4) is 0 Å². The van der Waals surface area contributed by atoms with Gasteiger partial charge in [0.05, 0.1) is 5.92 Å². The van der Waals surface area contributed by atoms with Crippen LogP contribution in [-0.2, 0) is 4.79 Å². The average Bonchev–Trinajstić information content (AvgIpc) is 3.15. The Bertz CT molecular complexity index is 606. The highest BCUT2D eigenvalue weighted by atomic mass is 79.9. The third-order valence-corrected chi connectivity index (χ3v) is 6.14. The molecule has 1 amide bonds. The number of aliphatic hydroxyl groups is 1. The molecule has 0 unspecified atom stereocenters. The molecule has 2 fully saturated rings. The Labute approximate surface area is 132 Å². The lowest BCUT2D eigenvalue weighted by molar-refractivity contribution is -0.122. The van der Waals surface area contributed by atoms with E-state index in [2.05, 4.69) is 33.4 Å². The van der Waals surface area contributed by atoms with Gasteiger partial charge in [-0.05, 0) is 54.4 Å². The first-order chi connectivity index (χ1) is 10.2. The summed E-state index contributed by atoms with van der Waals surface area (Å²) in [5.41, 5.74) is 1.12. The van der Waals surface area contributed by atoms with Crippen LogP contribution in [-0.4, -0.2) is 17.6 Å². The molecule has 1 spiro atoms. The van der Waals surface area contributed by atoms with Crippen molar-refractivity contribution in [1.82, 2.24) is 0 Å². The van der Waals surface area contributed by atoms with Gasteiger partial charge in [0.15, 0.2) is 0 Å². The van der Waals surface area contributed by atoms with Crippen LogP contribution in [0.1, 0.15) is 12.8 Å². The molecule has 2 saturated carbocycles. The van der Waals surface area contributed by atoms with E-state index in [1.807, 2.05) is 24.3 Å². The monoisotopic (exact) mass is 347 g/mol. The number of halogens is 1. The van der Waals surface area contributed by atoms with E-state index < -0.39 is 0 Å². The summed E-state index contributed by atoms with van der Waals surface area (Å²) in [6.45, 7) is 0.103. The van der Waals surface area contributed by atoms with Crippen molar-refractivity contribution >= 4 is 27.5 Å². The molecule has 1 aromatic rings. The van der Waals surface area contributed by atoms with E-state index in [1.54, 1.807) is 0 Å². The van der Waals surface area contributed by atoms with Crippen molar-refractivity contribution in [2.75, 3.05) is 11.9 Å². The van der Waals surface area contributed by atoms with Gasteiger partial charge < -0.3 is 10.4 Å². The standard InChI is InChI=1S/C17H18BrNO2/c18-10-1-3-11(4-2-10)19-16(21)15-12(9-20)13-5-6-14(15)17(13)7-8-17/h1-6,12-15,20H,7-9H2,(H,19,21)/t12-,13+,14-,15-/m0/s1. The molecule has 2 N–H and O–H groups in total. The first kappa shape index (κ1) is 13.5. The molecule has 1 aromatic carbocycles. The van der Waals surface area contributed by atoms with Crippen molar-refractivity contribution in [2.24, 2.45) is 29.1 Å². The summed E-state index contributed by atoms with van der Waals surface area (Å²) in [6.07, 6.45) is 6.86. The summed E-state index contributed by atoms with van der Waals surface area (Å²) >= 11 is 3.39. The lowest BCUT2D eigenvalue weighted by Crippen LogP contribution is -2.34. The van der Waals surface area contributed by atoms with Gasteiger partial charge in [0, 0.05) is 22.7 Å². The molecule has 0 radical (unpaired) electrons. The number of rotatable bonds is 3. The van der Waals surface area contributed by atoms with Gasteiger partial charge in [-0.2, -0.15) is 0 Å². The molecule has 21 heavy (non-hydrogen) atoms. The zero-order valence-electron chi connectivity index (χ0n) is 11.6. The topological polar surface area (TPSA) is 49.3 Å². The van der Waals surface area contributed by atoms with Crippen LogP contribution in [0.3, 0.4) is 0 Å². The predicted octanol–water partition coefficient (Wildman–Crippen LogP) is 3.21. The van der Waals surface area contributed by atoms with Crippen LogP contribution in [0, 0.1) is 29.1 Å². The van der Waals surface area contributed by atoms with E-state index in [9.17, 15) is 9.90 Å². The zero-order valence-corrected chi connectivity index (χ0v) is 13.2. The largest absolute Gasteiger partial charge is 0.396 e. The molecule has 3 aliphatic carbocycles. The van der Waals surface area contributed by atoms with Gasteiger partial charge in [-0.1, -0.05) is 28.1 Å². The molecule has 3 nitrogen and oxygen atoms in total. The highest BCUT2D eigenvalue weighted by molar-refractivity contribution is 9.10. The van der Waals surface area contributed by atoms with Crippen molar-refractivity contribution in [1.29, 1.82) is 0 Å². The molecular formula is C17H18BrNO2. The third-order valence-electron chi connectivity index (χ3n) is 5.62. The summed E-state index contributed by atoms with van der Waals surface area (Å²) in [5.74, 6) is 0.761. The van der Waals surface area contributed by atoms with E-state index in [-0.39, 0.29) is 24.3 Å². The summed E-state index contributed by atoms with van der Waals surface area (Å²) in [4.78, 5) is 12.7. The van der Waals surface area contributed by atoms with Gasteiger partial charge in [0.1, 0.15) is 0 Å². The second kappa shape index (κ2) is 4.68. The number of allylic oxidation sites excluding steroid dienone is 2. The number of nitrogens with one attached hydrogen (secondary N) is 1. The lowest BCUT2D eigenvalue weighted by Gasteiger charge is -2.25. The SMILES string of the molecule is O=C(Nc1ccc(Br)cc1)[C@H]1[C@@H](CO)[C@H]2C=C[C@@H]1C21CC1. The number of benzene rings is 1. The Morgan fingerprint density at radius 2 is 1.90 bits per heavy atom. The van der Waals surface area contributed by atoms with E-state index in [4.69, 9.17) is 0 Å². The summed E-state index contributed by atoms with van der Waals surface area (Å²) < 4.78 is 0.994. The van der Waals surface area contributed by atoms with Crippen LogP contribution in [0.4, 0.5) is 5.69 Å². The Hall–Kier alpha value is -1.13. The van der Waals surface area contributed by atoms with Crippen molar-refractivity contribution < 1.29 is 9.90 Å². The lowest BCUT2D eigenvalue weighted by atomic mass is 9.83. The normalized spacial score (nSPS) is 34.4. The number of hydrogen-bond donors (Lipinski definition) is 2. The van der Waals surface area contributed by atoms with E-state index in [0.717, 1.165) is 10.2 Å². The molecule has 4 heteroatoms. The van der Waals surface area contributed by atoms with Gasteiger partial charge in [-0.15, -0.1) is 0 Å². The Kier molecular flexibility index (Phi) is 3.02. The smallest absolute Gasteiger partial charge is 0.228 e. The number of carbonyl (C=O) groups is 1. The van der Waals surface area contributed by atoms with Crippen LogP contribution < -0.4 is 5.32 Å². The molecule has 4 rings (SSSR count). The quantitative estimate of drug-likeness (QED) is 0.824. The van der Waals surface area contributed by atoms with Crippen molar-refractivity contribution in [2.45, 2.75) is 12.8 Å². The first-order valence-corrected chi connectivity index (χ1v) is 8.31. The highest BCUT2D eigenvalue weighted by Gasteiger charge is 2.67. The number of carbonyl (C=O) groups excluding carboxylic acids is 1. The summed E-state index contributed by atoms with van der Waals surface area (Å²) in [5, 5.41) is 12.8. The molecule has 110 valence electrons. The van der Waals surface area contributed by atoms with Gasteiger partial charge in [-0.25, -0.2) is 0 Å². The molecule has 2 bridgehead atoms. The average molecular weight is 348 g/mol. The molecule has 0 saturated heterocycles. The summed E-state index contributed by atoms with van der Waals surface area (Å²) in [6, 6.07) is 7.63. The number of aliphatic hydroxyl groups excluding tert-OH is 1. The van der Waals surface area contributed by atoms with Crippen LogP contribution >= 0.6 is 15.9 Å². The predicted molar refractivity (Wildman–Crippen MR) is 84.6 cm³/mol. The Morgan fingerprint density at radius 3 is 2.52 bits per heavy atom. The number of amides is 1. The molecular weight excluding hydrogens is 330 g/mol. The second-order valence-electron chi connectivity index (χ2n) is 6.54. The zero-order chi connectivity index (χ0) is 14.6. The van der Waals surface area contributed by atoms with Gasteiger partial charge in [0.2, 0.25) is 5.91 Å². The molecule has 0 aliphatic heterocycles. The van der Waals surface area contributed by atoms with Gasteiger partial charge in [0.25, 0.3) is 0 Å². The number of hydrogen-bond acceptors (Lipinski definition) is 2. The second-order valence-corrected chi connectivity index (χ2v) is 7.45. The fourth-order valence-electron chi connectivity index (χ4n) is 4.54. The maximum Gasteiger partial charge on any atom is 0.228 e.